The molecule has 1 aromatic carbocycles. The van der Waals surface area contributed by atoms with Crippen LogP contribution in [-0.2, 0) is 19.3 Å². The van der Waals surface area contributed by atoms with Gasteiger partial charge < -0.3 is 4.57 Å². The quantitative estimate of drug-likeness (QED) is 0.312. The number of nitrogens with zero attached hydrogens (tertiary/aromatic N) is 2. The summed E-state index contributed by atoms with van der Waals surface area (Å²) in [5, 5.41) is 0.690. The van der Waals surface area contributed by atoms with Gasteiger partial charge in [0.25, 0.3) is 0 Å². The molecule has 0 aliphatic rings. The molecule has 0 fully saturated rings. The topological polar surface area (TPSA) is 29.9 Å². The van der Waals surface area contributed by atoms with E-state index in [9.17, 15) is 13.2 Å². The van der Waals surface area contributed by atoms with Crippen molar-refractivity contribution in [2.24, 2.45) is 5.41 Å². The van der Waals surface area contributed by atoms with Gasteiger partial charge in [-0.2, -0.15) is 13.2 Å². The summed E-state index contributed by atoms with van der Waals surface area (Å²) >= 11 is 1.58. The highest BCUT2D eigenvalue weighted by molar-refractivity contribution is 7.98. The van der Waals surface area contributed by atoms with E-state index in [4.69, 9.17) is 0 Å². The molecule has 3 aromatic rings. The third-order valence-electron chi connectivity index (χ3n) is 4.70. The van der Waals surface area contributed by atoms with Gasteiger partial charge in [0.1, 0.15) is 5.82 Å². The zero-order valence-electron chi connectivity index (χ0n) is 19.2. The summed E-state index contributed by atoms with van der Waals surface area (Å²) < 4.78 is 61.1. The largest absolute Gasteiger partial charge is 0.433 e. The maximum absolute atomic E-state index is 15.2. The van der Waals surface area contributed by atoms with Crippen molar-refractivity contribution in [1.29, 1.82) is 0 Å². The van der Waals surface area contributed by atoms with Crippen LogP contribution in [0.5, 0.6) is 0 Å². The van der Waals surface area contributed by atoms with E-state index in [0.29, 0.717) is 24.0 Å². The summed E-state index contributed by atoms with van der Waals surface area (Å²) in [7, 11) is 0. The van der Waals surface area contributed by atoms with Crippen LogP contribution in [0.4, 0.5) is 17.6 Å². The summed E-state index contributed by atoms with van der Waals surface area (Å²) in [6, 6.07) is 5.51. The highest BCUT2D eigenvalue weighted by atomic mass is 32.2. The average Bonchev–Trinajstić information content (AvgIpc) is 2.94. The zero-order valence-corrected chi connectivity index (χ0v) is 20.0. The summed E-state index contributed by atoms with van der Waals surface area (Å²) in [6.07, 6.45) is -1.64. The first-order chi connectivity index (χ1) is 14.7. The Hall–Kier alpha value is -2.06. The molecule has 0 spiro atoms. The second-order valence-electron chi connectivity index (χ2n) is 10.1. The summed E-state index contributed by atoms with van der Waals surface area (Å²) in [5.41, 5.74) is 0.0763. The Morgan fingerprint density at radius 1 is 1.03 bits per heavy atom. The average molecular weight is 468 g/mol. The first kappa shape index (κ1) is 24.6. The lowest BCUT2D eigenvalue weighted by Gasteiger charge is -2.20. The van der Waals surface area contributed by atoms with Gasteiger partial charge in [0, 0.05) is 52.3 Å². The number of hydrogen-bond donors (Lipinski definition) is 1. The fraction of sp³-hybridized carbons (Fsp3) is 0.458. The monoisotopic (exact) mass is 467 g/mol. The Balaban J connectivity index is 2.15. The van der Waals surface area contributed by atoms with Gasteiger partial charge in [-0.05, 0) is 49.9 Å². The smallest absolute Gasteiger partial charge is 0.347 e. The molecule has 32 heavy (non-hydrogen) atoms. The Morgan fingerprint density at radius 3 is 2.31 bits per heavy atom. The lowest BCUT2D eigenvalue weighted by molar-refractivity contribution is -0.140. The summed E-state index contributed by atoms with van der Waals surface area (Å²) in [5.74, 6) is -0.700. The highest BCUT2D eigenvalue weighted by Gasteiger charge is 2.36. The SMILES string of the molecule is CC(C)(C)Cn1cc(CNSC(C)(C)C)c2cc(F)c(-c3cccnc3C(F)(F)F)cc21. The molecule has 0 aliphatic carbocycles. The Kier molecular flexibility index (Phi) is 6.69. The van der Waals surface area contributed by atoms with E-state index in [1.807, 2.05) is 10.8 Å². The lowest BCUT2D eigenvalue weighted by atomic mass is 9.96. The maximum atomic E-state index is 15.2. The van der Waals surface area contributed by atoms with E-state index in [0.717, 1.165) is 11.8 Å². The lowest BCUT2D eigenvalue weighted by Crippen LogP contribution is -2.16. The Labute approximate surface area is 190 Å². The summed E-state index contributed by atoms with van der Waals surface area (Å²) in [6.45, 7) is 13.7. The molecule has 3 nitrogen and oxygen atoms in total. The van der Waals surface area contributed by atoms with Crippen molar-refractivity contribution in [2.75, 3.05) is 0 Å². The molecular formula is C24H29F4N3S. The molecule has 174 valence electrons. The van der Waals surface area contributed by atoms with Crippen molar-refractivity contribution >= 4 is 22.9 Å². The van der Waals surface area contributed by atoms with Gasteiger partial charge in [-0.1, -0.05) is 38.8 Å². The molecule has 0 unspecified atom stereocenters. The van der Waals surface area contributed by atoms with E-state index in [1.165, 1.54) is 24.3 Å². The fourth-order valence-electron chi connectivity index (χ4n) is 3.55. The third-order valence-corrected chi connectivity index (χ3v) is 5.61. The van der Waals surface area contributed by atoms with Gasteiger partial charge >= 0.3 is 6.18 Å². The number of pyridine rings is 1. The van der Waals surface area contributed by atoms with Crippen LogP contribution in [0.15, 0.2) is 36.7 Å². The minimum Gasteiger partial charge on any atom is -0.347 e. The van der Waals surface area contributed by atoms with Crippen LogP contribution in [0, 0.1) is 11.2 Å². The van der Waals surface area contributed by atoms with Crippen LogP contribution in [0.25, 0.3) is 22.0 Å². The van der Waals surface area contributed by atoms with Gasteiger partial charge in [-0.15, -0.1) is 0 Å². The van der Waals surface area contributed by atoms with Gasteiger partial charge in [0.2, 0.25) is 0 Å². The maximum Gasteiger partial charge on any atom is 0.433 e. The molecule has 0 aliphatic heterocycles. The van der Waals surface area contributed by atoms with E-state index in [-0.39, 0.29) is 21.3 Å². The number of alkyl halides is 3. The minimum absolute atomic E-state index is 0.0104. The van der Waals surface area contributed by atoms with Crippen LogP contribution in [-0.4, -0.2) is 14.3 Å². The van der Waals surface area contributed by atoms with Gasteiger partial charge in [0.05, 0.1) is 0 Å². The molecule has 8 heteroatoms. The molecule has 0 bridgehead atoms. The van der Waals surface area contributed by atoms with Crippen molar-refractivity contribution in [3.8, 4) is 11.1 Å². The van der Waals surface area contributed by atoms with Crippen LogP contribution in [0.3, 0.4) is 0 Å². The molecule has 2 aromatic heterocycles. The van der Waals surface area contributed by atoms with Gasteiger partial charge in [0.15, 0.2) is 5.69 Å². The first-order valence-electron chi connectivity index (χ1n) is 10.4. The molecule has 2 heterocycles. The minimum atomic E-state index is -4.68. The zero-order chi connectivity index (χ0) is 23.9. The first-order valence-corrected chi connectivity index (χ1v) is 11.2. The molecule has 1 N–H and O–H groups in total. The molecular weight excluding hydrogens is 438 g/mol. The van der Waals surface area contributed by atoms with Crippen molar-refractivity contribution in [1.82, 2.24) is 14.3 Å². The second-order valence-corrected chi connectivity index (χ2v) is 11.8. The predicted octanol–water partition coefficient (Wildman–Crippen LogP) is 7.44. The Morgan fingerprint density at radius 2 is 1.72 bits per heavy atom. The Bertz CT molecular complexity index is 1110. The molecule has 0 radical (unpaired) electrons. The predicted molar refractivity (Wildman–Crippen MR) is 124 cm³/mol. The fourth-order valence-corrected chi connectivity index (χ4v) is 4.21. The summed E-state index contributed by atoms with van der Waals surface area (Å²) in [4.78, 5) is 3.49. The molecule has 0 amide bonds. The second kappa shape index (κ2) is 8.71. The number of benzene rings is 1. The third kappa shape index (κ3) is 5.84. The van der Waals surface area contributed by atoms with E-state index < -0.39 is 17.7 Å². The van der Waals surface area contributed by atoms with Crippen molar-refractivity contribution in [3.63, 3.8) is 0 Å². The van der Waals surface area contributed by atoms with Crippen LogP contribution in [0.2, 0.25) is 0 Å². The van der Waals surface area contributed by atoms with Crippen LogP contribution < -0.4 is 4.72 Å². The van der Waals surface area contributed by atoms with Crippen molar-refractivity contribution < 1.29 is 17.6 Å². The normalized spacial score (nSPS) is 13.2. The van der Waals surface area contributed by atoms with Crippen LogP contribution >= 0.6 is 11.9 Å². The number of halogens is 4. The van der Waals surface area contributed by atoms with Gasteiger partial charge in [-0.3, -0.25) is 9.71 Å². The van der Waals surface area contributed by atoms with E-state index in [2.05, 4.69) is 51.2 Å². The number of rotatable bonds is 5. The molecule has 3 rings (SSSR count). The van der Waals surface area contributed by atoms with Crippen molar-refractivity contribution in [3.05, 3.63) is 53.7 Å². The number of fused-ring (bicyclic) bond motifs is 1. The molecule has 0 saturated heterocycles. The number of hydrogen-bond acceptors (Lipinski definition) is 3. The standard InChI is InChI=1S/C24H29F4N3S/c1-22(2,3)14-31-13-15(12-30-32-23(4,5)6)17-10-19(25)18(11-20(17)31)16-8-7-9-29-21(16)24(26,27)28/h7-11,13,30H,12,14H2,1-6H3. The van der Waals surface area contributed by atoms with Crippen molar-refractivity contribution in [2.45, 2.75) is 65.6 Å². The van der Waals surface area contributed by atoms with E-state index in [1.54, 1.807) is 11.9 Å². The highest BCUT2D eigenvalue weighted by Crippen LogP contribution is 2.38. The van der Waals surface area contributed by atoms with Crippen LogP contribution in [0.1, 0.15) is 52.8 Å². The number of nitrogens with one attached hydrogen (secondary N) is 1. The van der Waals surface area contributed by atoms with Gasteiger partial charge in [-0.25, -0.2) is 4.39 Å². The number of aromatic nitrogens is 2. The molecule has 0 saturated carbocycles. The van der Waals surface area contributed by atoms with E-state index >= 15 is 4.39 Å². The molecule has 0 atom stereocenters.